The number of carboxylic acid groups (broad SMARTS) is 1. The summed E-state index contributed by atoms with van der Waals surface area (Å²) in [5.74, 6) is -1.57. The van der Waals surface area contributed by atoms with Crippen LogP contribution >= 0.6 is 11.6 Å². The van der Waals surface area contributed by atoms with Crippen molar-refractivity contribution in [2.45, 2.75) is 25.3 Å². The summed E-state index contributed by atoms with van der Waals surface area (Å²) in [6.07, 6.45) is 0.516. The number of hydrogen-bond donors (Lipinski definition) is 3. The van der Waals surface area contributed by atoms with Gasteiger partial charge in [-0.3, -0.25) is 19.5 Å². The second kappa shape index (κ2) is 11.3. The minimum atomic E-state index is -0.829. The Labute approximate surface area is 221 Å². The van der Waals surface area contributed by atoms with Gasteiger partial charge in [0.15, 0.2) is 0 Å². The molecule has 1 unspecified atom stereocenters. The average molecular weight is 517 g/mol. The highest BCUT2D eigenvalue weighted by Crippen LogP contribution is 2.37. The quantitative estimate of drug-likeness (QED) is 0.380. The van der Waals surface area contributed by atoms with Crippen molar-refractivity contribution in [2.75, 3.05) is 31.5 Å². The van der Waals surface area contributed by atoms with E-state index in [2.05, 4.69) is 27.7 Å². The third kappa shape index (κ3) is 6.07. The van der Waals surface area contributed by atoms with Crippen molar-refractivity contribution in [2.24, 2.45) is 4.99 Å². The molecule has 0 aromatic heterocycles. The molecule has 0 saturated carbocycles. The van der Waals surface area contributed by atoms with Gasteiger partial charge in [0.2, 0.25) is 5.91 Å². The fourth-order valence-electron chi connectivity index (χ4n) is 4.84. The highest BCUT2D eigenvalue weighted by molar-refractivity contribution is 6.31. The Morgan fingerprint density at radius 1 is 1.00 bits per heavy atom. The number of hydrogen-bond acceptors (Lipinski definition) is 5. The number of nitrogens with zero attached hydrogens (tertiary/aromatic N) is 2. The standard InChI is InChI=1S/C29H29ClN4O3/c30-22-8-11-24-25(17-22)33-29(37)27(24)28(21-6-1-19(2-7-21)5-12-26(35)36)32-23-9-3-20(4-10-23)18-34-15-13-31-14-16-34/h1-4,6-11,17,27,31H,5,12-16,18H2,(H,33,37)(H,35,36). The molecule has 7 nitrogen and oxygen atoms in total. The summed E-state index contributed by atoms with van der Waals surface area (Å²) in [5, 5.41) is 15.9. The lowest BCUT2D eigenvalue weighted by atomic mass is 9.90. The molecule has 0 aliphatic carbocycles. The minimum Gasteiger partial charge on any atom is -0.481 e. The first kappa shape index (κ1) is 25.1. The molecule has 1 atom stereocenters. The average Bonchev–Trinajstić information content (AvgIpc) is 3.22. The van der Waals surface area contributed by atoms with Crippen LogP contribution in [0.5, 0.6) is 0 Å². The summed E-state index contributed by atoms with van der Waals surface area (Å²) in [7, 11) is 0. The van der Waals surface area contributed by atoms with E-state index >= 15 is 0 Å². The molecule has 2 heterocycles. The smallest absolute Gasteiger partial charge is 0.303 e. The van der Waals surface area contributed by atoms with Crippen molar-refractivity contribution >= 4 is 40.6 Å². The number of fused-ring (bicyclic) bond motifs is 1. The van der Waals surface area contributed by atoms with Gasteiger partial charge in [0.05, 0.1) is 11.4 Å². The fraction of sp³-hybridized carbons (Fsp3) is 0.276. The number of aryl methyl sites for hydroxylation is 1. The molecule has 2 aliphatic rings. The van der Waals surface area contributed by atoms with Crippen molar-refractivity contribution in [3.05, 3.63) is 94.0 Å². The third-order valence-electron chi connectivity index (χ3n) is 6.80. The molecule has 190 valence electrons. The monoisotopic (exact) mass is 516 g/mol. The number of piperazine rings is 1. The lowest BCUT2D eigenvalue weighted by Crippen LogP contribution is -2.42. The van der Waals surface area contributed by atoms with Crippen LogP contribution in [0.4, 0.5) is 11.4 Å². The first-order valence-electron chi connectivity index (χ1n) is 12.5. The number of nitrogens with one attached hydrogen (secondary N) is 2. The van der Waals surface area contributed by atoms with Crippen LogP contribution in [0, 0.1) is 0 Å². The second-order valence-corrected chi connectivity index (χ2v) is 9.87. The Morgan fingerprint density at radius 2 is 1.70 bits per heavy atom. The Morgan fingerprint density at radius 3 is 2.41 bits per heavy atom. The molecule has 0 radical (unpaired) electrons. The van der Waals surface area contributed by atoms with Crippen LogP contribution in [0.25, 0.3) is 0 Å². The Bertz CT molecular complexity index is 1320. The van der Waals surface area contributed by atoms with Crippen molar-refractivity contribution in [1.29, 1.82) is 0 Å². The van der Waals surface area contributed by atoms with E-state index in [9.17, 15) is 9.59 Å². The van der Waals surface area contributed by atoms with E-state index in [4.69, 9.17) is 21.7 Å². The molecular formula is C29H29ClN4O3. The molecule has 1 fully saturated rings. The van der Waals surface area contributed by atoms with E-state index in [1.165, 1.54) is 5.56 Å². The predicted octanol–water partition coefficient (Wildman–Crippen LogP) is 4.62. The van der Waals surface area contributed by atoms with Crippen LogP contribution in [0.2, 0.25) is 5.02 Å². The fourth-order valence-corrected chi connectivity index (χ4v) is 5.01. The molecule has 1 saturated heterocycles. The topological polar surface area (TPSA) is 94.0 Å². The van der Waals surface area contributed by atoms with Gasteiger partial charge in [-0.2, -0.15) is 0 Å². The molecular weight excluding hydrogens is 488 g/mol. The molecule has 3 aromatic rings. The summed E-state index contributed by atoms with van der Waals surface area (Å²) >= 11 is 6.17. The summed E-state index contributed by atoms with van der Waals surface area (Å²) in [5.41, 5.74) is 5.89. The van der Waals surface area contributed by atoms with Gasteiger partial charge in [0.25, 0.3) is 0 Å². The van der Waals surface area contributed by atoms with Crippen LogP contribution < -0.4 is 10.6 Å². The summed E-state index contributed by atoms with van der Waals surface area (Å²) in [4.78, 5) is 31.5. The SMILES string of the molecule is O=C(O)CCc1ccc(C(=Nc2ccc(CN3CCNCC3)cc2)C2C(=O)Nc3cc(Cl)ccc32)cc1. The van der Waals surface area contributed by atoms with Crippen LogP contribution in [0.1, 0.15) is 34.6 Å². The molecule has 5 rings (SSSR count). The van der Waals surface area contributed by atoms with E-state index < -0.39 is 11.9 Å². The molecule has 3 N–H and O–H groups in total. The van der Waals surface area contributed by atoms with Gasteiger partial charge in [-0.15, -0.1) is 0 Å². The number of carbonyl (C=O) groups is 2. The van der Waals surface area contributed by atoms with Gasteiger partial charge in [-0.05, 0) is 52.9 Å². The van der Waals surface area contributed by atoms with Crippen molar-refractivity contribution < 1.29 is 14.7 Å². The largest absolute Gasteiger partial charge is 0.481 e. The van der Waals surface area contributed by atoms with Gasteiger partial charge >= 0.3 is 5.97 Å². The first-order valence-corrected chi connectivity index (χ1v) is 12.9. The first-order chi connectivity index (χ1) is 18.0. The van der Waals surface area contributed by atoms with Gasteiger partial charge in [0.1, 0.15) is 5.92 Å². The van der Waals surface area contributed by atoms with E-state index in [-0.39, 0.29) is 12.3 Å². The van der Waals surface area contributed by atoms with Gasteiger partial charge in [-0.1, -0.05) is 54.1 Å². The summed E-state index contributed by atoms with van der Waals surface area (Å²) in [6, 6.07) is 21.2. The van der Waals surface area contributed by atoms with Gasteiger partial charge < -0.3 is 15.7 Å². The maximum absolute atomic E-state index is 13.2. The number of rotatable bonds is 8. The zero-order valence-corrected chi connectivity index (χ0v) is 21.2. The van der Waals surface area contributed by atoms with Crippen molar-refractivity contribution in [1.82, 2.24) is 10.2 Å². The number of benzene rings is 3. The molecule has 37 heavy (non-hydrogen) atoms. The molecule has 1 amide bonds. The second-order valence-electron chi connectivity index (χ2n) is 9.43. The molecule has 0 spiro atoms. The maximum atomic E-state index is 13.2. The van der Waals surface area contributed by atoms with Crippen LogP contribution in [0.15, 0.2) is 71.7 Å². The Hall–Kier alpha value is -3.52. The number of halogens is 1. The number of aliphatic carboxylic acids is 1. The number of carbonyl (C=O) groups excluding carboxylic acids is 1. The lowest BCUT2D eigenvalue weighted by Gasteiger charge is -2.27. The molecule has 3 aromatic carbocycles. The van der Waals surface area contributed by atoms with E-state index in [0.29, 0.717) is 22.8 Å². The minimum absolute atomic E-state index is 0.0692. The lowest BCUT2D eigenvalue weighted by molar-refractivity contribution is -0.137. The summed E-state index contributed by atoms with van der Waals surface area (Å²) in [6.45, 7) is 4.99. The van der Waals surface area contributed by atoms with Gasteiger partial charge in [-0.25, -0.2) is 0 Å². The zero-order valence-electron chi connectivity index (χ0n) is 20.4. The number of anilines is 1. The Kier molecular flexibility index (Phi) is 7.65. The third-order valence-corrected chi connectivity index (χ3v) is 7.03. The van der Waals surface area contributed by atoms with Crippen molar-refractivity contribution in [3.63, 3.8) is 0 Å². The van der Waals surface area contributed by atoms with E-state index in [1.54, 1.807) is 12.1 Å². The maximum Gasteiger partial charge on any atom is 0.303 e. The highest BCUT2D eigenvalue weighted by Gasteiger charge is 2.35. The van der Waals surface area contributed by atoms with E-state index in [1.807, 2.05) is 42.5 Å². The highest BCUT2D eigenvalue weighted by atomic mass is 35.5. The van der Waals surface area contributed by atoms with Crippen LogP contribution in [-0.2, 0) is 22.6 Å². The van der Waals surface area contributed by atoms with Crippen LogP contribution in [0.3, 0.4) is 0 Å². The number of aliphatic imine (C=N–C) groups is 1. The number of carboxylic acids is 1. The normalized spacial score (nSPS) is 17.9. The zero-order chi connectivity index (χ0) is 25.8. The molecule has 8 heteroatoms. The van der Waals surface area contributed by atoms with Gasteiger partial charge in [0, 0.05) is 49.9 Å². The molecule has 2 aliphatic heterocycles. The van der Waals surface area contributed by atoms with Crippen molar-refractivity contribution in [3.8, 4) is 0 Å². The van der Waals surface area contributed by atoms with E-state index in [0.717, 1.165) is 55.1 Å². The number of amides is 1. The predicted molar refractivity (Wildman–Crippen MR) is 146 cm³/mol. The summed E-state index contributed by atoms with van der Waals surface area (Å²) < 4.78 is 0. The Balaban J connectivity index is 1.46. The van der Waals surface area contributed by atoms with Crippen LogP contribution in [-0.4, -0.2) is 53.8 Å². The molecule has 0 bridgehead atoms.